The first-order valence-electron chi connectivity index (χ1n) is 20.9. The number of aliphatic carboxylic acids is 1. The van der Waals surface area contributed by atoms with Gasteiger partial charge in [-0.25, -0.2) is 9.59 Å². The van der Waals surface area contributed by atoms with Gasteiger partial charge < -0.3 is 19.7 Å². The van der Waals surface area contributed by atoms with E-state index in [9.17, 15) is 19.5 Å². The van der Waals surface area contributed by atoms with Crippen LogP contribution >= 0.6 is 0 Å². The highest BCUT2D eigenvalue weighted by Crippen LogP contribution is 2.37. The van der Waals surface area contributed by atoms with Crippen LogP contribution < -0.4 is 4.74 Å². The lowest BCUT2D eigenvalue weighted by Crippen LogP contribution is -2.22. The maximum atomic E-state index is 12.0. The highest BCUT2D eigenvalue weighted by Gasteiger charge is 2.16. The normalized spacial score (nSPS) is 12.2. The zero-order valence-corrected chi connectivity index (χ0v) is 36.7. The van der Waals surface area contributed by atoms with Crippen molar-refractivity contribution in [3.63, 3.8) is 0 Å². The summed E-state index contributed by atoms with van der Waals surface area (Å²) in [5.74, 6) is -0.943. The van der Waals surface area contributed by atoms with Gasteiger partial charge in [0.25, 0.3) is 0 Å². The van der Waals surface area contributed by atoms with Crippen molar-refractivity contribution in [2.24, 2.45) is 0 Å². The minimum atomic E-state index is -0.977. The first-order chi connectivity index (χ1) is 30.2. The monoisotopic (exact) mass is 838 g/mol. The summed E-state index contributed by atoms with van der Waals surface area (Å²) in [5, 5.41) is 18.6. The van der Waals surface area contributed by atoms with E-state index in [0.29, 0.717) is 5.75 Å². The second-order valence-corrected chi connectivity index (χ2v) is 15.6. The number of carbonyl (C=O) groups is 3. The number of aromatic hydroxyl groups is 1. The minimum absolute atomic E-state index is 0.244. The Kier molecular flexibility index (Phi) is 16.5. The molecule has 0 amide bonds. The average molecular weight is 839 g/mol. The molecule has 2 N–H and O–H groups in total. The van der Waals surface area contributed by atoms with Crippen LogP contribution in [0.4, 0.5) is 0 Å². The molecular formula is C56H54O7. The van der Waals surface area contributed by atoms with Gasteiger partial charge in [0.1, 0.15) is 17.1 Å². The zero-order valence-electron chi connectivity index (χ0n) is 36.7. The summed E-state index contributed by atoms with van der Waals surface area (Å²) in [5.41, 5.74) is 12.3. The molecule has 0 heterocycles. The molecule has 0 saturated heterocycles. The molecule has 0 bridgehead atoms. The molecule has 0 aliphatic rings. The number of allylic oxidation sites excluding steroid dienone is 2. The van der Waals surface area contributed by atoms with Gasteiger partial charge in [-0.2, -0.15) is 0 Å². The van der Waals surface area contributed by atoms with Crippen molar-refractivity contribution in [3.8, 4) is 11.5 Å². The number of benzene rings is 6. The summed E-state index contributed by atoms with van der Waals surface area (Å²) in [7, 11) is 0. The van der Waals surface area contributed by atoms with E-state index in [4.69, 9.17) is 14.6 Å². The van der Waals surface area contributed by atoms with Gasteiger partial charge in [0.2, 0.25) is 0 Å². The average Bonchev–Trinajstić information content (AvgIpc) is 3.27. The van der Waals surface area contributed by atoms with E-state index in [1.165, 1.54) is 29.7 Å². The van der Waals surface area contributed by atoms with Crippen molar-refractivity contribution in [2.45, 2.75) is 60.0 Å². The number of rotatable bonds is 13. The molecule has 0 aromatic heterocycles. The molecule has 0 atom stereocenters. The number of phenols is 1. The van der Waals surface area contributed by atoms with E-state index in [0.717, 1.165) is 69.0 Å². The highest BCUT2D eigenvalue weighted by atomic mass is 16.6. The van der Waals surface area contributed by atoms with E-state index in [-0.39, 0.29) is 17.7 Å². The molecule has 320 valence electrons. The van der Waals surface area contributed by atoms with E-state index in [1.54, 1.807) is 36.4 Å². The summed E-state index contributed by atoms with van der Waals surface area (Å²) in [6.07, 6.45) is 7.60. The predicted molar refractivity (Wildman–Crippen MR) is 256 cm³/mol. The highest BCUT2D eigenvalue weighted by molar-refractivity contribution is 6.00. The number of carboxylic acid groups (broad SMARTS) is 1. The van der Waals surface area contributed by atoms with Crippen LogP contribution in [-0.4, -0.2) is 33.7 Å². The number of carboxylic acids is 1. The summed E-state index contributed by atoms with van der Waals surface area (Å²) in [6, 6.07) is 51.3. The molecule has 0 radical (unpaired) electrons. The zero-order chi connectivity index (χ0) is 45.4. The van der Waals surface area contributed by atoms with Gasteiger partial charge in [0.15, 0.2) is 0 Å². The van der Waals surface area contributed by atoms with E-state index in [1.807, 2.05) is 118 Å². The topological polar surface area (TPSA) is 110 Å². The number of phenolic OH excluding ortho intramolecular Hbond substituents is 1. The standard InChI is InChI=1S/C29H30O3.C27H24O4/c1-5-26(22-9-7-6-8-10-22)28(24-16-18-25(30)19-17-24)23-14-11-21(12-15-23)13-20-27(31)32-29(2,3)4;1-3-25(21-7-5-4-6-8-21)27(23-14-16-24(17-15-23)31-19(2)28)22-12-9-20(10-13-22)11-18-26(29)30/h6-20,30H,5H2,1-4H3;4-18H,3H2,1-2H3,(H,29,30)/b20-13+,28-26-;18-11+,27-25-. The Morgan fingerprint density at radius 1 is 0.524 bits per heavy atom. The van der Waals surface area contributed by atoms with E-state index in [2.05, 4.69) is 50.2 Å². The Morgan fingerprint density at radius 2 is 0.905 bits per heavy atom. The molecule has 0 aliphatic heterocycles. The van der Waals surface area contributed by atoms with E-state index < -0.39 is 11.6 Å². The quantitative estimate of drug-likeness (QED) is 0.0516. The fraction of sp³-hybridized carbons (Fsp3) is 0.161. The fourth-order valence-corrected chi connectivity index (χ4v) is 7.03. The molecule has 7 heteroatoms. The van der Waals surface area contributed by atoms with Crippen LogP contribution in [0.15, 0.2) is 170 Å². The Labute approximate surface area is 371 Å². The van der Waals surface area contributed by atoms with Crippen LogP contribution in [0.3, 0.4) is 0 Å². The van der Waals surface area contributed by atoms with Crippen molar-refractivity contribution in [3.05, 3.63) is 214 Å². The lowest BCUT2D eigenvalue weighted by molar-refractivity contribution is -0.148. The number of carbonyl (C=O) groups excluding carboxylic acids is 2. The number of hydrogen-bond acceptors (Lipinski definition) is 6. The van der Waals surface area contributed by atoms with Crippen molar-refractivity contribution in [1.29, 1.82) is 0 Å². The van der Waals surface area contributed by atoms with Crippen molar-refractivity contribution in [1.82, 2.24) is 0 Å². The molecule has 6 aromatic rings. The summed E-state index contributed by atoms with van der Waals surface area (Å²) in [6.45, 7) is 11.2. The first-order valence-corrected chi connectivity index (χ1v) is 20.9. The number of hydrogen-bond donors (Lipinski definition) is 2. The van der Waals surface area contributed by atoms with Crippen molar-refractivity contribution >= 4 is 52.4 Å². The predicted octanol–water partition coefficient (Wildman–Crippen LogP) is 13.2. The van der Waals surface area contributed by atoms with Crippen molar-refractivity contribution in [2.75, 3.05) is 0 Å². The first kappa shape index (κ1) is 46.6. The van der Waals surface area contributed by atoms with Crippen LogP contribution in [-0.2, 0) is 19.1 Å². The maximum Gasteiger partial charge on any atom is 0.331 e. The third-order valence-corrected chi connectivity index (χ3v) is 9.75. The second kappa shape index (κ2) is 22.4. The maximum absolute atomic E-state index is 12.0. The number of esters is 2. The van der Waals surface area contributed by atoms with Crippen molar-refractivity contribution < 1.29 is 34.1 Å². The SMILES string of the molecule is CC/C(=C(/c1ccc(O)cc1)c1ccc(/C=C/C(=O)OC(C)(C)C)cc1)c1ccccc1.CC/C(=C(\c1ccc(/C=C/C(=O)O)cc1)c1ccc(OC(C)=O)cc1)c1ccccc1. The Hall–Kier alpha value is -7.51. The Balaban J connectivity index is 0.000000238. The van der Waals surface area contributed by atoms with Crippen LogP contribution in [0.2, 0.25) is 0 Å². The molecule has 0 saturated carbocycles. The molecule has 0 spiro atoms. The molecule has 0 fully saturated rings. The smallest absolute Gasteiger partial charge is 0.331 e. The Morgan fingerprint density at radius 3 is 1.27 bits per heavy atom. The lowest BCUT2D eigenvalue weighted by Gasteiger charge is -2.18. The molecular weight excluding hydrogens is 785 g/mol. The molecule has 63 heavy (non-hydrogen) atoms. The van der Waals surface area contributed by atoms with Crippen LogP contribution in [0, 0.1) is 0 Å². The second-order valence-electron chi connectivity index (χ2n) is 15.6. The summed E-state index contributed by atoms with van der Waals surface area (Å²) >= 11 is 0. The molecule has 0 unspecified atom stereocenters. The van der Waals surface area contributed by atoms with Crippen LogP contribution in [0.5, 0.6) is 11.5 Å². The minimum Gasteiger partial charge on any atom is -0.508 e. The molecule has 0 aliphatic carbocycles. The van der Waals surface area contributed by atoms with Gasteiger partial charge in [-0.15, -0.1) is 0 Å². The fourth-order valence-electron chi connectivity index (χ4n) is 7.03. The number of ether oxygens (including phenoxy) is 2. The molecule has 6 rings (SSSR count). The Bertz CT molecular complexity index is 2570. The third-order valence-electron chi connectivity index (χ3n) is 9.75. The van der Waals surface area contributed by atoms with Gasteiger partial charge in [0.05, 0.1) is 0 Å². The van der Waals surface area contributed by atoms with Gasteiger partial charge >= 0.3 is 17.9 Å². The third kappa shape index (κ3) is 14.0. The van der Waals surface area contributed by atoms with Crippen LogP contribution in [0.25, 0.3) is 34.4 Å². The van der Waals surface area contributed by atoms with Gasteiger partial charge in [-0.3, -0.25) is 4.79 Å². The van der Waals surface area contributed by atoms with Gasteiger partial charge in [-0.05, 0) is 137 Å². The summed E-state index contributed by atoms with van der Waals surface area (Å²) in [4.78, 5) is 34.0. The summed E-state index contributed by atoms with van der Waals surface area (Å²) < 4.78 is 10.5. The largest absolute Gasteiger partial charge is 0.508 e. The van der Waals surface area contributed by atoms with E-state index >= 15 is 0 Å². The van der Waals surface area contributed by atoms with Gasteiger partial charge in [-0.1, -0.05) is 147 Å². The lowest BCUT2D eigenvalue weighted by atomic mass is 9.88. The van der Waals surface area contributed by atoms with Gasteiger partial charge in [0, 0.05) is 19.1 Å². The van der Waals surface area contributed by atoms with Crippen LogP contribution in [0.1, 0.15) is 98.9 Å². The molecule has 7 nitrogen and oxygen atoms in total. The molecule has 6 aromatic carbocycles.